The molecule has 1 N–H and O–H groups in total. The largest absolute Gasteiger partial charge is 0.336 e. The molecule has 0 radical (unpaired) electrons. The van der Waals surface area contributed by atoms with Gasteiger partial charge in [0.2, 0.25) is 0 Å². The molecule has 2 aromatic rings. The fraction of sp³-hybridized carbons (Fsp3) is 0.200. The first-order valence-corrected chi connectivity index (χ1v) is 4.30. The number of aromatic amines is 1. The van der Waals surface area contributed by atoms with E-state index < -0.39 is 6.17 Å². The van der Waals surface area contributed by atoms with Crippen LogP contribution in [-0.2, 0) is 0 Å². The van der Waals surface area contributed by atoms with Gasteiger partial charge in [0.15, 0.2) is 12.1 Å². The molecule has 0 saturated heterocycles. The van der Waals surface area contributed by atoms with Gasteiger partial charge in [0.1, 0.15) is 6.17 Å². The average Bonchev–Trinajstić information content (AvgIpc) is 2.59. The number of hydrogen-bond donors (Lipinski definition) is 1. The van der Waals surface area contributed by atoms with Crippen LogP contribution in [0.2, 0.25) is 0 Å². The summed E-state index contributed by atoms with van der Waals surface area (Å²) in [5.74, 6) is 0.230. The van der Waals surface area contributed by atoms with Crippen molar-refractivity contribution in [1.82, 2.24) is 9.97 Å². The normalized spacial score (nSPS) is 13.0. The fourth-order valence-electron chi connectivity index (χ4n) is 1.45. The molecule has 1 aromatic heterocycles. The number of carbonyl (C=O) groups excluding carboxylic acids is 1. The third-order valence-electron chi connectivity index (χ3n) is 2.10. The van der Waals surface area contributed by atoms with Gasteiger partial charge in [-0.2, -0.15) is 0 Å². The van der Waals surface area contributed by atoms with Gasteiger partial charge < -0.3 is 4.98 Å². The third-order valence-corrected chi connectivity index (χ3v) is 2.10. The van der Waals surface area contributed by atoms with Crippen molar-refractivity contribution in [2.24, 2.45) is 0 Å². The summed E-state index contributed by atoms with van der Waals surface area (Å²) in [6, 6.07) is 5.17. The zero-order valence-corrected chi connectivity index (χ0v) is 7.62. The molecular formula is C10H9FN2O. The Morgan fingerprint density at radius 3 is 3.00 bits per heavy atom. The standard InChI is InChI=1S/C10H9FN2O/c1-6(11)7-3-2-4-8-10(7)13-9(5-14)12-8/h2-6H,1H3,(H,12,13). The highest BCUT2D eigenvalue weighted by Gasteiger charge is 2.11. The molecule has 0 bridgehead atoms. The van der Waals surface area contributed by atoms with Crippen molar-refractivity contribution in [1.29, 1.82) is 0 Å². The van der Waals surface area contributed by atoms with Crippen molar-refractivity contribution < 1.29 is 9.18 Å². The molecule has 1 heterocycles. The van der Waals surface area contributed by atoms with Gasteiger partial charge in [0.05, 0.1) is 11.0 Å². The summed E-state index contributed by atoms with van der Waals surface area (Å²) in [4.78, 5) is 17.3. The SMILES string of the molecule is CC(F)c1cccc2[nH]c(C=O)nc12. The van der Waals surface area contributed by atoms with Crippen LogP contribution in [0, 0.1) is 0 Å². The number of benzene rings is 1. The third kappa shape index (κ3) is 1.28. The quantitative estimate of drug-likeness (QED) is 0.742. The molecule has 1 atom stereocenters. The number of hydrogen-bond acceptors (Lipinski definition) is 2. The second-order valence-electron chi connectivity index (χ2n) is 3.10. The number of fused-ring (bicyclic) bond motifs is 1. The van der Waals surface area contributed by atoms with E-state index in [-0.39, 0.29) is 5.82 Å². The lowest BCUT2D eigenvalue weighted by Crippen LogP contribution is -1.87. The second-order valence-corrected chi connectivity index (χ2v) is 3.10. The predicted molar refractivity (Wildman–Crippen MR) is 51.0 cm³/mol. The Morgan fingerprint density at radius 1 is 1.57 bits per heavy atom. The van der Waals surface area contributed by atoms with Crippen LogP contribution in [0.25, 0.3) is 11.0 Å². The van der Waals surface area contributed by atoms with E-state index in [0.29, 0.717) is 22.9 Å². The lowest BCUT2D eigenvalue weighted by molar-refractivity contribution is 0.111. The summed E-state index contributed by atoms with van der Waals surface area (Å²) < 4.78 is 13.1. The maximum atomic E-state index is 13.1. The zero-order chi connectivity index (χ0) is 10.1. The highest BCUT2D eigenvalue weighted by Crippen LogP contribution is 2.24. The zero-order valence-electron chi connectivity index (χ0n) is 7.62. The van der Waals surface area contributed by atoms with Gasteiger partial charge >= 0.3 is 0 Å². The van der Waals surface area contributed by atoms with Crippen molar-refractivity contribution >= 4 is 17.3 Å². The molecule has 0 saturated carbocycles. The first-order chi connectivity index (χ1) is 6.72. The molecule has 1 unspecified atom stereocenters. The van der Waals surface area contributed by atoms with Crippen LogP contribution >= 0.6 is 0 Å². The number of para-hydroxylation sites is 1. The summed E-state index contributed by atoms with van der Waals surface area (Å²) in [7, 11) is 0. The molecule has 0 aliphatic heterocycles. The van der Waals surface area contributed by atoms with Crippen molar-refractivity contribution in [2.45, 2.75) is 13.1 Å². The Bertz CT molecular complexity index is 476. The minimum absolute atomic E-state index is 0.230. The van der Waals surface area contributed by atoms with Crippen molar-refractivity contribution in [3.8, 4) is 0 Å². The van der Waals surface area contributed by atoms with Gasteiger partial charge in [-0.25, -0.2) is 9.37 Å². The number of alkyl halides is 1. The van der Waals surface area contributed by atoms with E-state index >= 15 is 0 Å². The van der Waals surface area contributed by atoms with Gasteiger partial charge in [0, 0.05) is 5.56 Å². The number of aromatic nitrogens is 2. The molecule has 0 amide bonds. The van der Waals surface area contributed by atoms with Gasteiger partial charge in [-0.3, -0.25) is 4.79 Å². The maximum Gasteiger partial charge on any atom is 0.185 e. The molecule has 2 rings (SSSR count). The topological polar surface area (TPSA) is 45.8 Å². The monoisotopic (exact) mass is 192 g/mol. The number of aldehydes is 1. The molecule has 0 aliphatic carbocycles. The highest BCUT2D eigenvalue weighted by molar-refractivity contribution is 5.84. The Labute approximate surface area is 80.0 Å². The summed E-state index contributed by atoms with van der Waals surface area (Å²) in [6.07, 6.45) is -0.464. The molecule has 0 aliphatic rings. The number of imidazole rings is 1. The highest BCUT2D eigenvalue weighted by atomic mass is 19.1. The maximum absolute atomic E-state index is 13.1. The Balaban J connectivity index is 2.72. The summed E-state index contributed by atoms with van der Waals surface area (Å²) >= 11 is 0. The van der Waals surface area contributed by atoms with E-state index in [4.69, 9.17) is 0 Å². The number of halogens is 1. The smallest absolute Gasteiger partial charge is 0.185 e. The molecule has 4 heteroatoms. The van der Waals surface area contributed by atoms with E-state index in [1.165, 1.54) is 6.92 Å². The van der Waals surface area contributed by atoms with Crippen molar-refractivity contribution in [3.63, 3.8) is 0 Å². The molecule has 0 fully saturated rings. The minimum Gasteiger partial charge on any atom is -0.336 e. The lowest BCUT2D eigenvalue weighted by atomic mass is 10.1. The van der Waals surface area contributed by atoms with Gasteiger partial charge in [-0.15, -0.1) is 0 Å². The Kier molecular flexibility index (Phi) is 2.04. The Morgan fingerprint density at radius 2 is 2.36 bits per heavy atom. The van der Waals surface area contributed by atoms with Crippen LogP contribution in [0.4, 0.5) is 4.39 Å². The number of carbonyl (C=O) groups is 1. The van der Waals surface area contributed by atoms with E-state index in [9.17, 15) is 9.18 Å². The first-order valence-electron chi connectivity index (χ1n) is 4.30. The summed E-state index contributed by atoms with van der Waals surface area (Å²) in [5.41, 5.74) is 1.73. The molecule has 1 aromatic carbocycles. The molecular weight excluding hydrogens is 183 g/mol. The molecule has 14 heavy (non-hydrogen) atoms. The minimum atomic E-state index is -1.08. The van der Waals surface area contributed by atoms with E-state index in [2.05, 4.69) is 9.97 Å². The summed E-state index contributed by atoms with van der Waals surface area (Å²) in [5, 5.41) is 0. The van der Waals surface area contributed by atoms with Crippen LogP contribution in [0.1, 0.15) is 29.3 Å². The number of rotatable bonds is 2. The molecule has 0 spiro atoms. The van der Waals surface area contributed by atoms with Crippen molar-refractivity contribution in [3.05, 3.63) is 29.6 Å². The molecule has 3 nitrogen and oxygen atoms in total. The van der Waals surface area contributed by atoms with Crippen LogP contribution in [-0.4, -0.2) is 16.3 Å². The van der Waals surface area contributed by atoms with E-state index in [1.54, 1.807) is 18.2 Å². The number of nitrogens with zero attached hydrogens (tertiary/aromatic N) is 1. The van der Waals surface area contributed by atoms with Gasteiger partial charge in [-0.05, 0) is 13.0 Å². The van der Waals surface area contributed by atoms with Crippen LogP contribution in [0.15, 0.2) is 18.2 Å². The Hall–Kier alpha value is -1.71. The first kappa shape index (κ1) is 8.87. The van der Waals surface area contributed by atoms with Crippen LogP contribution < -0.4 is 0 Å². The van der Waals surface area contributed by atoms with E-state index in [0.717, 1.165) is 0 Å². The van der Waals surface area contributed by atoms with Crippen LogP contribution in [0.5, 0.6) is 0 Å². The molecule has 72 valence electrons. The van der Waals surface area contributed by atoms with Gasteiger partial charge in [0.25, 0.3) is 0 Å². The van der Waals surface area contributed by atoms with Crippen molar-refractivity contribution in [2.75, 3.05) is 0 Å². The lowest BCUT2D eigenvalue weighted by Gasteiger charge is -2.01. The van der Waals surface area contributed by atoms with E-state index in [1.807, 2.05) is 0 Å². The second kappa shape index (κ2) is 3.21. The fourth-order valence-corrected chi connectivity index (χ4v) is 1.45. The average molecular weight is 192 g/mol. The predicted octanol–water partition coefficient (Wildman–Crippen LogP) is 2.41. The summed E-state index contributed by atoms with van der Waals surface area (Å²) in [6.45, 7) is 1.45. The number of H-pyrrole nitrogens is 1. The van der Waals surface area contributed by atoms with Gasteiger partial charge in [-0.1, -0.05) is 12.1 Å². The number of nitrogens with one attached hydrogen (secondary N) is 1. The van der Waals surface area contributed by atoms with Crippen LogP contribution in [0.3, 0.4) is 0 Å².